The normalized spacial score (nSPS) is 11.6. The van der Waals surface area contributed by atoms with Crippen molar-refractivity contribution in [2.45, 2.75) is 0 Å². The zero-order chi connectivity index (χ0) is 40.4. The van der Waals surface area contributed by atoms with E-state index in [4.69, 9.17) is 30.9 Å². The second-order valence-corrected chi connectivity index (χ2v) is 15.2. The summed E-state index contributed by atoms with van der Waals surface area (Å²) in [5.74, 6) is 1.74. The van der Waals surface area contributed by atoms with Gasteiger partial charge in [-0.1, -0.05) is 140 Å². The van der Waals surface area contributed by atoms with Gasteiger partial charge in [-0.25, -0.2) is 19.8 Å². The van der Waals surface area contributed by atoms with Crippen LogP contribution in [0.15, 0.2) is 193 Å². The molecule has 0 saturated heterocycles. The summed E-state index contributed by atoms with van der Waals surface area (Å²) in [6, 6.07) is 62.3. The fourth-order valence-corrected chi connectivity index (χ4v) is 8.93. The number of hydrogen-bond acceptors (Lipinski definition) is 5. The molecule has 9 aromatic carbocycles. The van der Waals surface area contributed by atoms with Crippen LogP contribution >= 0.6 is 0 Å². The van der Waals surface area contributed by atoms with Crippen LogP contribution < -0.4 is 0 Å². The Labute approximate surface area is 349 Å². The number of fused-ring (bicyclic) bond motifs is 9. The van der Waals surface area contributed by atoms with Crippen molar-refractivity contribution in [3.63, 3.8) is 0 Å². The SMILES string of the molecule is [C-]#[N+]c1ccc(-c2cc3c4ccccc4c(-c4cccc(-c5nc(-c6ccccc6)nc(-c6ccc7c(c6)oc6ccccc67)n5)c4)cc3c3cccnc23)c2ccccc12. The van der Waals surface area contributed by atoms with Gasteiger partial charge >= 0.3 is 0 Å². The van der Waals surface area contributed by atoms with Gasteiger partial charge in [0.05, 0.1) is 12.1 Å². The third-order valence-corrected chi connectivity index (χ3v) is 11.8. The van der Waals surface area contributed by atoms with Gasteiger partial charge in [-0.15, -0.1) is 0 Å². The predicted molar refractivity (Wildman–Crippen MR) is 248 cm³/mol. The summed E-state index contributed by atoms with van der Waals surface area (Å²) in [7, 11) is 0. The first-order valence-electron chi connectivity index (χ1n) is 20.2. The van der Waals surface area contributed by atoms with Crippen molar-refractivity contribution in [1.29, 1.82) is 0 Å². The standard InChI is InChI=1S/C55H31N5O/c1-56-49-27-26-40(37-17-7-8-20-41(37)49)48-32-46-39-19-6-5-18-38(39)45(31-47(46)44-22-12-28-57-52(44)48)34-15-11-16-35(29-34)54-58-53(33-13-3-2-4-14-33)59-55(60-54)36-24-25-43-42-21-9-10-23-50(42)61-51(43)30-36/h2-32H. The Bertz CT molecular complexity index is 3790. The van der Waals surface area contributed by atoms with Crippen LogP contribution in [0.3, 0.4) is 0 Å². The van der Waals surface area contributed by atoms with Gasteiger partial charge in [-0.05, 0) is 91.5 Å². The van der Waals surface area contributed by atoms with E-state index in [1.54, 1.807) is 0 Å². The van der Waals surface area contributed by atoms with Gasteiger partial charge < -0.3 is 4.42 Å². The summed E-state index contributed by atoms with van der Waals surface area (Å²) in [5, 5.41) is 9.69. The molecule has 12 aromatic rings. The average Bonchev–Trinajstić information content (AvgIpc) is 3.71. The third-order valence-electron chi connectivity index (χ3n) is 11.8. The predicted octanol–water partition coefficient (Wildman–Crippen LogP) is 14.7. The molecular formula is C55H31N5O. The van der Waals surface area contributed by atoms with E-state index in [0.29, 0.717) is 23.2 Å². The maximum absolute atomic E-state index is 7.81. The lowest BCUT2D eigenvalue weighted by Crippen LogP contribution is -2.00. The fourth-order valence-electron chi connectivity index (χ4n) is 8.93. The molecular weight excluding hydrogens is 747 g/mol. The monoisotopic (exact) mass is 777 g/mol. The first kappa shape index (κ1) is 34.5. The minimum atomic E-state index is 0.569. The van der Waals surface area contributed by atoms with E-state index in [1.807, 2.05) is 91.1 Å². The molecule has 6 nitrogen and oxygen atoms in total. The molecule has 0 radical (unpaired) electrons. The van der Waals surface area contributed by atoms with Gasteiger partial charge in [0.1, 0.15) is 11.2 Å². The quantitative estimate of drug-likeness (QED) is 0.129. The Morgan fingerprint density at radius 1 is 0.361 bits per heavy atom. The van der Waals surface area contributed by atoms with Crippen molar-refractivity contribution in [1.82, 2.24) is 19.9 Å². The van der Waals surface area contributed by atoms with Crippen LogP contribution in [0.1, 0.15) is 0 Å². The molecule has 0 atom stereocenters. The highest BCUT2D eigenvalue weighted by atomic mass is 16.3. The van der Waals surface area contributed by atoms with Crippen molar-refractivity contribution < 1.29 is 4.42 Å². The molecule has 61 heavy (non-hydrogen) atoms. The molecule has 3 aromatic heterocycles. The van der Waals surface area contributed by atoms with E-state index in [9.17, 15) is 0 Å². The number of hydrogen-bond donors (Lipinski definition) is 0. The Morgan fingerprint density at radius 3 is 1.75 bits per heavy atom. The van der Waals surface area contributed by atoms with E-state index in [-0.39, 0.29) is 0 Å². The highest BCUT2D eigenvalue weighted by Gasteiger charge is 2.19. The Morgan fingerprint density at radius 2 is 0.951 bits per heavy atom. The third kappa shape index (κ3) is 5.64. The van der Waals surface area contributed by atoms with Crippen molar-refractivity contribution in [2.75, 3.05) is 0 Å². The Balaban J connectivity index is 1.04. The molecule has 0 unspecified atom stereocenters. The molecule has 6 heteroatoms. The number of nitrogens with zero attached hydrogens (tertiary/aromatic N) is 5. The first-order valence-corrected chi connectivity index (χ1v) is 20.2. The summed E-state index contributed by atoms with van der Waals surface area (Å²) >= 11 is 0. The smallest absolute Gasteiger partial charge is 0.194 e. The van der Waals surface area contributed by atoms with E-state index in [2.05, 4.69) is 102 Å². The number of rotatable bonds is 5. The molecule has 12 rings (SSSR count). The van der Waals surface area contributed by atoms with Crippen LogP contribution in [-0.4, -0.2) is 19.9 Å². The van der Waals surface area contributed by atoms with E-state index < -0.39 is 0 Å². The number of furan rings is 1. The second kappa shape index (κ2) is 13.8. The van der Waals surface area contributed by atoms with Crippen molar-refractivity contribution in [3.8, 4) is 56.4 Å². The lowest BCUT2D eigenvalue weighted by Gasteiger charge is -2.17. The average molecular weight is 778 g/mol. The van der Waals surface area contributed by atoms with Crippen LogP contribution in [0.4, 0.5) is 5.69 Å². The largest absolute Gasteiger partial charge is 0.456 e. The summed E-state index contributed by atoms with van der Waals surface area (Å²) in [4.78, 5) is 24.1. The molecule has 0 aliphatic heterocycles. The molecule has 0 saturated carbocycles. The lowest BCUT2D eigenvalue weighted by atomic mass is 9.88. The van der Waals surface area contributed by atoms with Gasteiger partial charge in [0.25, 0.3) is 0 Å². The zero-order valence-electron chi connectivity index (χ0n) is 32.5. The topological polar surface area (TPSA) is 69.1 Å². The molecule has 0 aliphatic carbocycles. The van der Waals surface area contributed by atoms with Gasteiger partial charge in [0, 0.05) is 44.6 Å². The van der Waals surface area contributed by atoms with Gasteiger partial charge in [0.15, 0.2) is 23.2 Å². The highest BCUT2D eigenvalue weighted by Crippen LogP contribution is 2.44. The van der Waals surface area contributed by atoms with Crippen molar-refractivity contribution in [3.05, 3.63) is 200 Å². The number of benzene rings is 9. The van der Waals surface area contributed by atoms with Crippen LogP contribution in [0, 0.1) is 6.57 Å². The minimum absolute atomic E-state index is 0.569. The highest BCUT2D eigenvalue weighted by molar-refractivity contribution is 6.24. The van der Waals surface area contributed by atoms with E-state index >= 15 is 0 Å². The van der Waals surface area contributed by atoms with E-state index in [1.165, 1.54) is 0 Å². The summed E-state index contributed by atoms with van der Waals surface area (Å²) in [6.07, 6.45) is 1.86. The first-order chi connectivity index (χ1) is 30.2. The Hall–Kier alpha value is -8.53. The van der Waals surface area contributed by atoms with Gasteiger partial charge in [0.2, 0.25) is 0 Å². The van der Waals surface area contributed by atoms with Crippen molar-refractivity contribution >= 4 is 70.8 Å². The van der Waals surface area contributed by atoms with Crippen LogP contribution in [0.5, 0.6) is 0 Å². The van der Waals surface area contributed by atoms with Crippen molar-refractivity contribution in [2.24, 2.45) is 0 Å². The van der Waals surface area contributed by atoms with Crippen LogP contribution in [-0.2, 0) is 0 Å². The van der Waals surface area contributed by atoms with Crippen LogP contribution in [0.25, 0.3) is 126 Å². The van der Waals surface area contributed by atoms with E-state index in [0.717, 1.165) is 104 Å². The maximum atomic E-state index is 7.81. The van der Waals surface area contributed by atoms with Gasteiger partial charge in [-0.3, -0.25) is 4.98 Å². The summed E-state index contributed by atoms with van der Waals surface area (Å²) in [6.45, 7) is 7.81. The zero-order valence-corrected chi connectivity index (χ0v) is 32.5. The van der Waals surface area contributed by atoms with Crippen LogP contribution in [0.2, 0.25) is 0 Å². The minimum Gasteiger partial charge on any atom is -0.456 e. The molecule has 0 amide bonds. The summed E-state index contributed by atoms with van der Waals surface area (Å²) < 4.78 is 6.27. The molecule has 3 heterocycles. The summed E-state index contributed by atoms with van der Waals surface area (Å²) in [5.41, 5.74) is 10.1. The Kier molecular flexibility index (Phi) is 7.81. The second-order valence-electron chi connectivity index (χ2n) is 15.2. The molecule has 0 spiro atoms. The number of aromatic nitrogens is 4. The number of para-hydroxylation sites is 1. The molecule has 0 fully saturated rings. The maximum Gasteiger partial charge on any atom is 0.194 e. The molecule has 0 aliphatic rings. The molecule has 0 bridgehead atoms. The molecule has 282 valence electrons. The fraction of sp³-hybridized carbons (Fsp3) is 0. The number of pyridine rings is 1. The van der Waals surface area contributed by atoms with Gasteiger partial charge in [-0.2, -0.15) is 0 Å². The molecule has 0 N–H and O–H groups in total. The lowest BCUT2D eigenvalue weighted by molar-refractivity contribution is 0.669.